The van der Waals surface area contributed by atoms with Crippen molar-refractivity contribution < 1.29 is 4.21 Å². The molecule has 0 saturated heterocycles. The van der Waals surface area contributed by atoms with Gasteiger partial charge in [0.1, 0.15) is 0 Å². The molecule has 3 heteroatoms. The highest BCUT2D eigenvalue weighted by molar-refractivity contribution is 8.15. The second-order valence-corrected chi connectivity index (χ2v) is 6.77. The quantitative estimate of drug-likeness (QED) is 0.660. The molecule has 0 aromatic heterocycles. The van der Waals surface area contributed by atoms with Crippen LogP contribution in [0.2, 0.25) is 6.82 Å². The summed E-state index contributed by atoms with van der Waals surface area (Å²) >= 11 is 0. The van der Waals surface area contributed by atoms with E-state index >= 15 is 0 Å². The molecule has 1 aliphatic rings. The van der Waals surface area contributed by atoms with Crippen LogP contribution in [-0.4, -0.2) is 10.2 Å². The fraction of sp³-hybridized carbons (Fsp3) is 0.200. The highest BCUT2D eigenvalue weighted by Gasteiger charge is 2.30. The Labute approximate surface area is 111 Å². The van der Waals surface area contributed by atoms with Crippen molar-refractivity contribution in [3.63, 3.8) is 0 Å². The van der Waals surface area contributed by atoms with Crippen molar-refractivity contribution in [2.75, 3.05) is 0 Å². The van der Waals surface area contributed by atoms with Crippen LogP contribution < -0.4 is 5.46 Å². The van der Waals surface area contributed by atoms with E-state index in [0.717, 1.165) is 10.5 Å². The number of benzene rings is 2. The minimum Gasteiger partial charge on any atom is -0.266 e. The summed E-state index contributed by atoms with van der Waals surface area (Å²) in [5, 5.41) is 0. The van der Waals surface area contributed by atoms with Crippen LogP contribution in [0.4, 0.5) is 0 Å². The number of hydrogen-bond acceptors (Lipinski definition) is 1. The van der Waals surface area contributed by atoms with Gasteiger partial charge in [0.15, 0.2) is 0 Å². The van der Waals surface area contributed by atoms with E-state index in [1.165, 1.54) is 22.2 Å². The van der Waals surface area contributed by atoms with Crippen molar-refractivity contribution in [3.05, 3.63) is 47.5 Å². The maximum atomic E-state index is 12.6. The van der Waals surface area contributed by atoms with Gasteiger partial charge >= 0.3 is 0 Å². The molecule has 0 saturated carbocycles. The van der Waals surface area contributed by atoms with E-state index in [1.54, 1.807) is 0 Å². The van der Waals surface area contributed by atoms with Gasteiger partial charge in [-0.05, 0) is 36.6 Å². The van der Waals surface area contributed by atoms with Gasteiger partial charge in [-0.15, -0.1) is 0 Å². The largest absolute Gasteiger partial charge is 0.288 e. The molecule has 2 aromatic rings. The molecule has 1 aliphatic heterocycles. The summed E-state index contributed by atoms with van der Waals surface area (Å²) in [6, 6.07) is 12.7. The average molecular weight is 254 g/mol. The van der Waals surface area contributed by atoms with Crippen LogP contribution in [0.15, 0.2) is 41.3 Å². The van der Waals surface area contributed by atoms with Gasteiger partial charge in [-0.25, -0.2) is 0 Å². The van der Waals surface area contributed by atoms with Crippen molar-refractivity contribution in [2.45, 2.75) is 25.6 Å². The van der Waals surface area contributed by atoms with Crippen LogP contribution in [-0.2, 0) is 10.7 Å². The Morgan fingerprint density at radius 3 is 2.28 bits per heavy atom. The lowest BCUT2D eigenvalue weighted by Crippen LogP contribution is -2.37. The van der Waals surface area contributed by atoms with Crippen LogP contribution in [0.1, 0.15) is 11.1 Å². The minimum absolute atomic E-state index is 0.0780. The fourth-order valence-corrected chi connectivity index (χ4v) is 4.09. The second kappa shape index (κ2) is 4.09. The Morgan fingerprint density at radius 1 is 0.944 bits per heavy atom. The maximum Gasteiger partial charge on any atom is 0.288 e. The normalized spacial score (nSPS) is 17.3. The zero-order chi connectivity index (χ0) is 12.9. The molecule has 2 aromatic carbocycles. The maximum absolute atomic E-state index is 12.6. The summed E-state index contributed by atoms with van der Waals surface area (Å²) in [5.41, 5.74) is 5.98. The Morgan fingerprint density at radius 2 is 1.56 bits per heavy atom. The van der Waals surface area contributed by atoms with Gasteiger partial charge in [-0.1, -0.05) is 48.2 Å². The summed E-state index contributed by atoms with van der Waals surface area (Å²) in [6.07, 6.45) is 0. The van der Waals surface area contributed by atoms with Crippen molar-refractivity contribution in [1.29, 1.82) is 0 Å². The van der Waals surface area contributed by atoms with Gasteiger partial charge < -0.3 is 0 Å². The van der Waals surface area contributed by atoms with Crippen molar-refractivity contribution >= 4 is 22.1 Å². The lowest BCUT2D eigenvalue weighted by atomic mass is 9.66. The molecular weight excluding hydrogens is 239 g/mol. The summed E-state index contributed by atoms with van der Waals surface area (Å²) in [7, 11) is -0.940. The first-order chi connectivity index (χ1) is 8.58. The molecule has 0 radical (unpaired) electrons. The minimum atomic E-state index is -0.940. The van der Waals surface area contributed by atoms with E-state index in [0.29, 0.717) is 0 Å². The predicted molar refractivity (Wildman–Crippen MR) is 79.0 cm³/mol. The number of hydrogen-bond donors (Lipinski definition) is 0. The number of aryl methyl sites for hydroxylation is 2. The standard InChI is InChI=1S/C15H15BOS/c1-10-4-6-12-13-7-5-11(2)9-15(13)18(17)16(3)14(12)8-10/h4-9H,1-3H3. The van der Waals surface area contributed by atoms with Crippen molar-refractivity contribution in [1.82, 2.24) is 0 Å². The molecule has 3 rings (SSSR count). The van der Waals surface area contributed by atoms with Gasteiger partial charge in [0.2, 0.25) is 0 Å². The number of rotatable bonds is 0. The van der Waals surface area contributed by atoms with Gasteiger partial charge in [0.05, 0.1) is 0 Å². The fourth-order valence-electron chi connectivity index (χ4n) is 2.59. The van der Waals surface area contributed by atoms with Gasteiger partial charge in [-0.2, -0.15) is 0 Å². The molecule has 1 heterocycles. The Balaban J connectivity index is 2.34. The first kappa shape index (κ1) is 11.7. The molecule has 1 nitrogen and oxygen atoms in total. The second-order valence-electron chi connectivity index (χ2n) is 5.03. The van der Waals surface area contributed by atoms with Gasteiger partial charge in [0, 0.05) is 15.5 Å². The highest BCUT2D eigenvalue weighted by Crippen LogP contribution is 2.32. The predicted octanol–water partition coefficient (Wildman–Crippen LogP) is 2.92. The lowest BCUT2D eigenvalue weighted by molar-refractivity contribution is 0.690. The van der Waals surface area contributed by atoms with Gasteiger partial charge in [-0.3, -0.25) is 4.21 Å². The first-order valence-corrected chi connectivity index (χ1v) is 7.41. The molecule has 18 heavy (non-hydrogen) atoms. The average Bonchev–Trinajstić information content (AvgIpc) is 2.36. The van der Waals surface area contributed by atoms with E-state index < -0.39 is 10.7 Å². The van der Waals surface area contributed by atoms with E-state index in [9.17, 15) is 4.21 Å². The molecule has 0 aliphatic carbocycles. The van der Waals surface area contributed by atoms with Crippen LogP contribution >= 0.6 is 0 Å². The topological polar surface area (TPSA) is 17.1 Å². The smallest absolute Gasteiger partial charge is 0.266 e. The molecule has 90 valence electrons. The zero-order valence-corrected chi connectivity index (χ0v) is 11.7. The van der Waals surface area contributed by atoms with E-state index in [1.807, 2.05) is 6.92 Å². The molecule has 0 amide bonds. The molecule has 1 atom stereocenters. The lowest BCUT2D eigenvalue weighted by Gasteiger charge is -2.23. The molecule has 0 fully saturated rings. The molecule has 0 spiro atoms. The first-order valence-electron chi connectivity index (χ1n) is 6.20. The van der Waals surface area contributed by atoms with Gasteiger partial charge in [0.25, 0.3) is 5.99 Å². The zero-order valence-electron chi connectivity index (χ0n) is 10.9. The van der Waals surface area contributed by atoms with E-state index in [-0.39, 0.29) is 5.99 Å². The third-order valence-corrected chi connectivity index (χ3v) is 5.28. The molecular formula is C15H15BOS. The number of fused-ring (bicyclic) bond motifs is 3. The molecule has 1 unspecified atom stereocenters. The van der Waals surface area contributed by atoms with E-state index in [4.69, 9.17) is 0 Å². The summed E-state index contributed by atoms with van der Waals surface area (Å²) in [4.78, 5) is 0.985. The molecule has 0 N–H and O–H groups in total. The Kier molecular flexibility index (Phi) is 2.67. The summed E-state index contributed by atoms with van der Waals surface area (Å²) in [6.45, 7) is 6.19. The van der Waals surface area contributed by atoms with Crippen LogP contribution in [0, 0.1) is 13.8 Å². The monoisotopic (exact) mass is 254 g/mol. The summed E-state index contributed by atoms with van der Waals surface area (Å²) < 4.78 is 12.6. The third kappa shape index (κ3) is 1.65. The van der Waals surface area contributed by atoms with Crippen molar-refractivity contribution in [3.8, 4) is 11.1 Å². The summed E-state index contributed by atoms with van der Waals surface area (Å²) in [5.74, 6) is 0.0780. The van der Waals surface area contributed by atoms with Crippen LogP contribution in [0.5, 0.6) is 0 Å². The van der Waals surface area contributed by atoms with Crippen LogP contribution in [0.25, 0.3) is 11.1 Å². The third-order valence-electron chi connectivity index (χ3n) is 3.61. The van der Waals surface area contributed by atoms with E-state index in [2.05, 4.69) is 50.1 Å². The molecule has 0 bridgehead atoms. The van der Waals surface area contributed by atoms with Crippen molar-refractivity contribution in [2.24, 2.45) is 0 Å². The van der Waals surface area contributed by atoms with Crippen LogP contribution in [0.3, 0.4) is 0 Å². The Bertz CT molecular complexity index is 664. The SMILES string of the molecule is CB1c2cc(C)ccc2-c2ccc(C)cc2S1=O. The highest BCUT2D eigenvalue weighted by atomic mass is 32.2. The Hall–Kier alpha value is -1.35.